The maximum absolute atomic E-state index is 12.1. The molecule has 4 nitrogen and oxygen atoms in total. The largest absolute Gasteiger partial charge is 0.489 e. The molecule has 0 atom stereocenters. The van der Waals surface area contributed by atoms with Gasteiger partial charge in [0.25, 0.3) is 0 Å². The maximum Gasteiger partial charge on any atom is 0.242 e. The van der Waals surface area contributed by atoms with Crippen LogP contribution in [0.1, 0.15) is 18.1 Å². The van der Waals surface area contributed by atoms with Crippen LogP contribution in [-0.2, 0) is 23.1 Å². The molecular formula is C17H20ClNO3S. The van der Waals surface area contributed by atoms with Crippen LogP contribution < -0.4 is 4.74 Å². The summed E-state index contributed by atoms with van der Waals surface area (Å²) in [5.41, 5.74) is 1.81. The number of halogens is 1. The Balaban J connectivity index is 2.16. The molecule has 0 amide bonds. The standard InChI is InChI=1S/C17H20ClNO3S/c1-4-14-11-15(8-9-17(14)18)22-12-13-6-5-7-16(10-13)23(20,21)19(2)3/h5-11H,4,12H2,1-3H3. The summed E-state index contributed by atoms with van der Waals surface area (Å²) >= 11 is 6.09. The lowest BCUT2D eigenvalue weighted by Gasteiger charge is -2.13. The Morgan fingerprint density at radius 3 is 2.52 bits per heavy atom. The summed E-state index contributed by atoms with van der Waals surface area (Å²) in [6, 6.07) is 12.3. The Bertz CT molecular complexity index is 788. The maximum atomic E-state index is 12.1. The van der Waals surface area contributed by atoms with Gasteiger partial charge in [-0.3, -0.25) is 0 Å². The zero-order valence-corrected chi connectivity index (χ0v) is 15.0. The highest BCUT2D eigenvalue weighted by atomic mass is 35.5. The topological polar surface area (TPSA) is 46.6 Å². The van der Waals surface area contributed by atoms with E-state index in [4.69, 9.17) is 16.3 Å². The van der Waals surface area contributed by atoms with Crippen molar-refractivity contribution in [3.8, 4) is 5.75 Å². The Kier molecular flexibility index (Phi) is 5.68. The molecule has 0 unspecified atom stereocenters. The van der Waals surface area contributed by atoms with Crippen molar-refractivity contribution in [2.45, 2.75) is 24.8 Å². The van der Waals surface area contributed by atoms with Crippen molar-refractivity contribution in [2.24, 2.45) is 0 Å². The first-order valence-electron chi connectivity index (χ1n) is 7.27. The summed E-state index contributed by atoms with van der Waals surface area (Å²) in [5, 5.41) is 0.721. The smallest absolute Gasteiger partial charge is 0.242 e. The van der Waals surface area contributed by atoms with Crippen LogP contribution in [-0.4, -0.2) is 26.8 Å². The zero-order chi connectivity index (χ0) is 17.0. The molecule has 0 aliphatic heterocycles. The molecule has 0 fully saturated rings. The monoisotopic (exact) mass is 353 g/mol. The van der Waals surface area contributed by atoms with Crippen LogP contribution in [0.25, 0.3) is 0 Å². The normalized spacial score (nSPS) is 11.7. The second-order valence-electron chi connectivity index (χ2n) is 5.33. The van der Waals surface area contributed by atoms with Gasteiger partial charge in [0, 0.05) is 19.1 Å². The second kappa shape index (κ2) is 7.34. The van der Waals surface area contributed by atoms with E-state index in [9.17, 15) is 8.42 Å². The van der Waals surface area contributed by atoms with Gasteiger partial charge in [-0.2, -0.15) is 0 Å². The fourth-order valence-corrected chi connectivity index (χ4v) is 3.31. The summed E-state index contributed by atoms with van der Waals surface area (Å²) in [6.45, 7) is 2.32. The molecular weight excluding hydrogens is 334 g/mol. The van der Waals surface area contributed by atoms with Gasteiger partial charge in [0.1, 0.15) is 12.4 Å². The highest BCUT2D eigenvalue weighted by Crippen LogP contribution is 2.23. The molecule has 0 heterocycles. The first kappa shape index (κ1) is 17.8. The highest BCUT2D eigenvalue weighted by Gasteiger charge is 2.17. The Hall–Kier alpha value is -1.56. The average Bonchev–Trinajstić information content (AvgIpc) is 2.54. The summed E-state index contributed by atoms with van der Waals surface area (Å²) in [6.07, 6.45) is 0.826. The minimum absolute atomic E-state index is 0.258. The van der Waals surface area contributed by atoms with Gasteiger partial charge in [0.2, 0.25) is 10.0 Å². The molecule has 0 spiro atoms. The molecule has 0 bridgehead atoms. The van der Waals surface area contributed by atoms with Gasteiger partial charge in [-0.1, -0.05) is 30.7 Å². The molecule has 0 aromatic heterocycles. The van der Waals surface area contributed by atoms with Crippen molar-refractivity contribution in [1.29, 1.82) is 0 Å². The molecule has 2 aromatic carbocycles. The van der Waals surface area contributed by atoms with Crippen LogP contribution in [0.2, 0.25) is 5.02 Å². The van der Waals surface area contributed by atoms with E-state index >= 15 is 0 Å². The molecule has 124 valence electrons. The molecule has 6 heteroatoms. The van der Waals surface area contributed by atoms with Gasteiger partial charge < -0.3 is 4.74 Å². The zero-order valence-electron chi connectivity index (χ0n) is 13.4. The SMILES string of the molecule is CCc1cc(OCc2cccc(S(=O)(=O)N(C)C)c2)ccc1Cl. The van der Waals surface area contributed by atoms with Crippen LogP contribution in [0.15, 0.2) is 47.4 Å². The van der Waals surface area contributed by atoms with Crippen LogP contribution in [0, 0.1) is 0 Å². The van der Waals surface area contributed by atoms with Gasteiger partial charge in [-0.25, -0.2) is 12.7 Å². The molecule has 2 rings (SSSR count). The number of sulfonamides is 1. The lowest BCUT2D eigenvalue weighted by molar-refractivity contribution is 0.305. The minimum atomic E-state index is -3.44. The molecule has 0 saturated carbocycles. The van der Waals surface area contributed by atoms with E-state index in [1.54, 1.807) is 18.2 Å². The average molecular weight is 354 g/mol. The molecule has 0 aliphatic rings. The van der Waals surface area contributed by atoms with E-state index < -0.39 is 10.0 Å². The first-order chi connectivity index (χ1) is 10.8. The van der Waals surface area contributed by atoms with Gasteiger partial charge in [0.15, 0.2) is 0 Å². The third-order valence-electron chi connectivity index (χ3n) is 3.48. The van der Waals surface area contributed by atoms with E-state index in [-0.39, 0.29) is 4.90 Å². The third kappa shape index (κ3) is 4.25. The second-order valence-corrected chi connectivity index (χ2v) is 7.89. The van der Waals surface area contributed by atoms with Crippen molar-refractivity contribution in [1.82, 2.24) is 4.31 Å². The predicted molar refractivity (Wildman–Crippen MR) is 92.5 cm³/mol. The van der Waals surface area contributed by atoms with Crippen molar-refractivity contribution < 1.29 is 13.2 Å². The summed E-state index contributed by atoms with van der Waals surface area (Å²) in [5.74, 6) is 0.715. The quantitative estimate of drug-likeness (QED) is 0.794. The lowest BCUT2D eigenvalue weighted by atomic mass is 10.1. The van der Waals surface area contributed by atoms with Crippen LogP contribution in [0.3, 0.4) is 0 Å². The first-order valence-corrected chi connectivity index (χ1v) is 9.09. The van der Waals surface area contributed by atoms with E-state index in [1.165, 1.54) is 18.4 Å². The predicted octanol–water partition coefficient (Wildman–Crippen LogP) is 3.73. The van der Waals surface area contributed by atoms with E-state index in [1.807, 2.05) is 31.2 Å². The number of hydrogen-bond acceptors (Lipinski definition) is 3. The van der Waals surface area contributed by atoms with Crippen molar-refractivity contribution in [3.63, 3.8) is 0 Å². The van der Waals surface area contributed by atoms with Gasteiger partial charge in [-0.05, 0) is 47.9 Å². The van der Waals surface area contributed by atoms with Gasteiger partial charge in [-0.15, -0.1) is 0 Å². The molecule has 0 N–H and O–H groups in total. The molecule has 0 saturated heterocycles. The number of benzene rings is 2. The number of nitrogens with zero attached hydrogens (tertiary/aromatic N) is 1. The Morgan fingerprint density at radius 2 is 1.87 bits per heavy atom. The fourth-order valence-electron chi connectivity index (χ4n) is 2.09. The molecule has 2 aromatic rings. The van der Waals surface area contributed by atoms with Gasteiger partial charge in [0.05, 0.1) is 4.90 Å². The van der Waals surface area contributed by atoms with Crippen LogP contribution in [0.5, 0.6) is 5.75 Å². The van der Waals surface area contributed by atoms with E-state index in [0.717, 1.165) is 22.6 Å². The van der Waals surface area contributed by atoms with Gasteiger partial charge >= 0.3 is 0 Å². The molecule has 0 aliphatic carbocycles. The van der Waals surface area contributed by atoms with E-state index in [0.29, 0.717) is 12.4 Å². The van der Waals surface area contributed by atoms with Crippen molar-refractivity contribution in [3.05, 3.63) is 58.6 Å². The number of ether oxygens (including phenoxy) is 1. The summed E-state index contributed by atoms with van der Waals surface area (Å²) in [7, 11) is -0.414. The highest BCUT2D eigenvalue weighted by molar-refractivity contribution is 7.89. The number of hydrogen-bond donors (Lipinski definition) is 0. The number of rotatable bonds is 6. The summed E-state index contributed by atoms with van der Waals surface area (Å²) in [4.78, 5) is 0.258. The van der Waals surface area contributed by atoms with Crippen LogP contribution in [0.4, 0.5) is 0 Å². The Morgan fingerprint density at radius 1 is 1.13 bits per heavy atom. The minimum Gasteiger partial charge on any atom is -0.489 e. The van der Waals surface area contributed by atoms with Crippen molar-refractivity contribution >= 4 is 21.6 Å². The molecule has 23 heavy (non-hydrogen) atoms. The van der Waals surface area contributed by atoms with E-state index in [2.05, 4.69) is 0 Å². The molecule has 0 radical (unpaired) electrons. The fraction of sp³-hybridized carbons (Fsp3) is 0.294. The van der Waals surface area contributed by atoms with Crippen molar-refractivity contribution in [2.75, 3.05) is 14.1 Å². The lowest BCUT2D eigenvalue weighted by Crippen LogP contribution is -2.22. The number of aryl methyl sites for hydroxylation is 1. The Labute approximate surface area is 142 Å². The summed E-state index contributed by atoms with van der Waals surface area (Å²) < 4.78 is 31.2. The van der Waals surface area contributed by atoms with Crippen LogP contribution >= 0.6 is 11.6 Å². The third-order valence-corrected chi connectivity index (χ3v) is 5.66.